The summed E-state index contributed by atoms with van der Waals surface area (Å²) in [6.07, 6.45) is 0. The molecule has 0 radical (unpaired) electrons. The zero-order valence-electron chi connectivity index (χ0n) is 8.40. The Morgan fingerprint density at radius 3 is 3.00 bits per heavy atom. The maximum atomic E-state index is 11.5. The fourth-order valence-electron chi connectivity index (χ4n) is 1.33. The third-order valence-corrected chi connectivity index (χ3v) is 2.17. The van der Waals surface area contributed by atoms with E-state index in [0.29, 0.717) is 16.5 Å². The van der Waals surface area contributed by atoms with Crippen LogP contribution in [0.5, 0.6) is 5.75 Å². The molecule has 5 nitrogen and oxygen atoms in total. The van der Waals surface area contributed by atoms with Gasteiger partial charge >= 0.3 is 5.97 Å². The van der Waals surface area contributed by atoms with Crippen molar-refractivity contribution in [2.45, 2.75) is 6.92 Å². The molecule has 0 atom stereocenters. The fourth-order valence-corrected chi connectivity index (χ4v) is 1.50. The first kappa shape index (κ1) is 10.8. The smallest absolute Gasteiger partial charge is 0.330 e. The van der Waals surface area contributed by atoms with Gasteiger partial charge in [0.05, 0.1) is 0 Å². The number of carbonyl (C=O) groups excluding carboxylic acids is 2. The van der Waals surface area contributed by atoms with E-state index in [2.05, 4.69) is 0 Å². The molecule has 0 unspecified atom stereocenters. The molecule has 1 aromatic rings. The van der Waals surface area contributed by atoms with E-state index in [-0.39, 0.29) is 6.61 Å². The number of nitrogens with zero attached hydrogens (tertiary/aromatic N) is 1. The Morgan fingerprint density at radius 2 is 2.31 bits per heavy atom. The van der Waals surface area contributed by atoms with E-state index in [9.17, 15) is 9.59 Å². The number of fused-ring (bicyclic) bond motifs is 1. The van der Waals surface area contributed by atoms with Gasteiger partial charge in [-0.3, -0.25) is 4.79 Å². The van der Waals surface area contributed by atoms with Crippen molar-refractivity contribution in [1.82, 2.24) is 0 Å². The Labute approximate surface area is 96.5 Å². The molecule has 0 aromatic heterocycles. The summed E-state index contributed by atoms with van der Waals surface area (Å²) in [4.78, 5) is 27.1. The van der Waals surface area contributed by atoms with Gasteiger partial charge in [0.25, 0.3) is 5.91 Å². The number of ether oxygens (including phenoxy) is 1. The number of hydrogen-bond acceptors (Lipinski definition) is 4. The molecular weight excluding hydrogens is 234 g/mol. The molecule has 1 aromatic carbocycles. The predicted molar refractivity (Wildman–Crippen MR) is 56.2 cm³/mol. The maximum absolute atomic E-state index is 11.5. The van der Waals surface area contributed by atoms with Gasteiger partial charge in [-0.05, 0) is 18.2 Å². The lowest BCUT2D eigenvalue weighted by Crippen LogP contribution is -2.39. The number of amides is 1. The van der Waals surface area contributed by atoms with Gasteiger partial charge < -0.3 is 9.57 Å². The molecule has 1 aliphatic rings. The van der Waals surface area contributed by atoms with Crippen LogP contribution >= 0.6 is 11.6 Å². The maximum Gasteiger partial charge on any atom is 0.330 e. The second-order valence-corrected chi connectivity index (χ2v) is 3.61. The third kappa shape index (κ3) is 1.94. The SMILES string of the molecule is CC(=O)ON1C(=O)COc2ccc(Cl)cc21. The number of benzene rings is 1. The number of hydroxylamine groups is 1. The zero-order valence-corrected chi connectivity index (χ0v) is 9.15. The van der Waals surface area contributed by atoms with Crippen molar-refractivity contribution in [3.05, 3.63) is 23.2 Å². The number of carbonyl (C=O) groups is 2. The van der Waals surface area contributed by atoms with E-state index >= 15 is 0 Å². The molecule has 0 bridgehead atoms. The highest BCUT2D eigenvalue weighted by molar-refractivity contribution is 6.31. The summed E-state index contributed by atoms with van der Waals surface area (Å²) >= 11 is 5.79. The highest BCUT2D eigenvalue weighted by atomic mass is 35.5. The van der Waals surface area contributed by atoms with Crippen LogP contribution in [-0.4, -0.2) is 18.5 Å². The minimum Gasteiger partial charge on any atom is -0.481 e. The summed E-state index contributed by atoms with van der Waals surface area (Å²) < 4.78 is 5.16. The summed E-state index contributed by atoms with van der Waals surface area (Å²) in [6, 6.07) is 4.74. The zero-order chi connectivity index (χ0) is 11.7. The standard InChI is InChI=1S/C10H8ClNO4/c1-6(13)16-12-8-4-7(11)2-3-9(8)15-5-10(12)14/h2-4H,5H2,1H3. The van der Waals surface area contributed by atoms with Crippen LogP contribution in [0.2, 0.25) is 5.02 Å². The number of anilines is 1. The number of rotatable bonds is 1. The Balaban J connectivity index is 2.42. The minimum atomic E-state index is -0.582. The lowest BCUT2D eigenvalue weighted by Gasteiger charge is -2.26. The predicted octanol–water partition coefficient (Wildman–Crippen LogP) is 1.54. The van der Waals surface area contributed by atoms with Crippen molar-refractivity contribution >= 4 is 29.2 Å². The van der Waals surface area contributed by atoms with E-state index in [1.165, 1.54) is 13.0 Å². The average Bonchev–Trinajstić information content (AvgIpc) is 2.22. The molecule has 0 saturated heterocycles. The second kappa shape index (κ2) is 4.02. The van der Waals surface area contributed by atoms with E-state index < -0.39 is 11.9 Å². The first-order valence-corrected chi connectivity index (χ1v) is 4.89. The third-order valence-electron chi connectivity index (χ3n) is 1.94. The van der Waals surface area contributed by atoms with E-state index in [1.54, 1.807) is 12.1 Å². The van der Waals surface area contributed by atoms with Crippen molar-refractivity contribution in [3.63, 3.8) is 0 Å². The largest absolute Gasteiger partial charge is 0.481 e. The van der Waals surface area contributed by atoms with Crippen LogP contribution in [0, 0.1) is 0 Å². The Bertz CT molecular complexity index is 460. The van der Waals surface area contributed by atoms with E-state index in [4.69, 9.17) is 21.2 Å². The van der Waals surface area contributed by atoms with Gasteiger partial charge in [-0.25, -0.2) is 4.79 Å². The van der Waals surface area contributed by atoms with Crippen LogP contribution in [0.15, 0.2) is 18.2 Å². The summed E-state index contributed by atoms with van der Waals surface area (Å²) in [6.45, 7) is 1.05. The van der Waals surface area contributed by atoms with Gasteiger partial charge in [0.15, 0.2) is 6.61 Å². The van der Waals surface area contributed by atoms with E-state index in [1.807, 2.05) is 0 Å². The van der Waals surface area contributed by atoms with Crippen LogP contribution in [0.4, 0.5) is 5.69 Å². The van der Waals surface area contributed by atoms with Crippen molar-refractivity contribution in [2.24, 2.45) is 0 Å². The molecule has 1 heterocycles. The topological polar surface area (TPSA) is 55.8 Å². The molecule has 84 valence electrons. The fraction of sp³-hybridized carbons (Fsp3) is 0.200. The molecule has 1 amide bonds. The van der Waals surface area contributed by atoms with Crippen LogP contribution in [0.3, 0.4) is 0 Å². The molecule has 0 N–H and O–H groups in total. The molecule has 6 heteroatoms. The van der Waals surface area contributed by atoms with Gasteiger partial charge in [-0.15, -0.1) is 5.06 Å². The van der Waals surface area contributed by atoms with Crippen LogP contribution < -0.4 is 9.80 Å². The van der Waals surface area contributed by atoms with Gasteiger partial charge in [0.2, 0.25) is 0 Å². The molecule has 2 rings (SSSR count). The van der Waals surface area contributed by atoms with Crippen molar-refractivity contribution < 1.29 is 19.2 Å². The van der Waals surface area contributed by atoms with Gasteiger partial charge in [0.1, 0.15) is 11.4 Å². The minimum absolute atomic E-state index is 0.165. The lowest BCUT2D eigenvalue weighted by atomic mass is 10.2. The number of hydrogen-bond donors (Lipinski definition) is 0. The quantitative estimate of drug-likeness (QED) is 0.749. The van der Waals surface area contributed by atoms with Gasteiger partial charge in [-0.1, -0.05) is 11.6 Å². The normalized spacial score (nSPS) is 14.1. The van der Waals surface area contributed by atoms with Crippen molar-refractivity contribution in [1.29, 1.82) is 0 Å². The first-order valence-electron chi connectivity index (χ1n) is 4.52. The Morgan fingerprint density at radius 1 is 1.56 bits per heavy atom. The summed E-state index contributed by atoms with van der Waals surface area (Å²) in [7, 11) is 0. The molecule has 0 aliphatic carbocycles. The second-order valence-electron chi connectivity index (χ2n) is 3.17. The average molecular weight is 242 g/mol. The van der Waals surface area contributed by atoms with Crippen molar-refractivity contribution in [3.8, 4) is 5.75 Å². The molecule has 1 aliphatic heterocycles. The molecule has 0 fully saturated rings. The highest BCUT2D eigenvalue weighted by Gasteiger charge is 2.28. The van der Waals surface area contributed by atoms with Crippen LogP contribution in [0.25, 0.3) is 0 Å². The first-order chi connectivity index (χ1) is 7.58. The van der Waals surface area contributed by atoms with E-state index in [0.717, 1.165) is 5.06 Å². The van der Waals surface area contributed by atoms with Gasteiger partial charge in [0, 0.05) is 11.9 Å². The Hall–Kier alpha value is -1.75. The van der Waals surface area contributed by atoms with Gasteiger partial charge in [-0.2, -0.15) is 0 Å². The number of halogens is 1. The van der Waals surface area contributed by atoms with Crippen LogP contribution in [-0.2, 0) is 14.4 Å². The molecule has 0 spiro atoms. The molecule has 16 heavy (non-hydrogen) atoms. The summed E-state index contributed by atoms with van der Waals surface area (Å²) in [5.41, 5.74) is 0.332. The molecular formula is C10H8ClNO4. The Kier molecular flexibility index (Phi) is 2.70. The molecule has 0 saturated carbocycles. The summed E-state index contributed by atoms with van der Waals surface area (Å²) in [5.74, 6) is -0.587. The lowest BCUT2D eigenvalue weighted by molar-refractivity contribution is -0.149. The summed E-state index contributed by atoms with van der Waals surface area (Å²) in [5, 5.41) is 1.32. The monoisotopic (exact) mass is 241 g/mol. The van der Waals surface area contributed by atoms with Crippen molar-refractivity contribution in [2.75, 3.05) is 11.7 Å². The van der Waals surface area contributed by atoms with Crippen LogP contribution in [0.1, 0.15) is 6.92 Å². The highest BCUT2D eigenvalue weighted by Crippen LogP contribution is 2.34.